The molecular formula is C18H22ClNO. The van der Waals surface area contributed by atoms with Gasteiger partial charge in [0.15, 0.2) is 0 Å². The Morgan fingerprint density at radius 3 is 2.24 bits per heavy atom. The summed E-state index contributed by atoms with van der Waals surface area (Å²) < 4.78 is 0. The molecule has 112 valence electrons. The first kappa shape index (κ1) is 16.0. The lowest BCUT2D eigenvalue weighted by atomic mass is 9.97. The number of aliphatic hydroxyl groups is 1. The van der Waals surface area contributed by atoms with Crippen LogP contribution in [-0.4, -0.2) is 17.8 Å². The fourth-order valence-corrected chi connectivity index (χ4v) is 2.58. The molecule has 0 aliphatic carbocycles. The Balaban J connectivity index is 2.20. The zero-order valence-electron chi connectivity index (χ0n) is 12.3. The van der Waals surface area contributed by atoms with Gasteiger partial charge in [-0.1, -0.05) is 54.1 Å². The Hall–Kier alpha value is -1.35. The van der Waals surface area contributed by atoms with Crippen LogP contribution in [0.4, 0.5) is 0 Å². The zero-order chi connectivity index (χ0) is 15.1. The third kappa shape index (κ3) is 4.85. The number of hydrogen-bond donors (Lipinski definition) is 2. The van der Waals surface area contributed by atoms with E-state index in [0.29, 0.717) is 6.04 Å². The minimum Gasteiger partial charge on any atom is -0.396 e. The van der Waals surface area contributed by atoms with Crippen LogP contribution in [0.15, 0.2) is 54.6 Å². The summed E-state index contributed by atoms with van der Waals surface area (Å²) in [6.45, 7) is 2.39. The fourth-order valence-electron chi connectivity index (χ4n) is 2.45. The van der Waals surface area contributed by atoms with Crippen molar-refractivity contribution >= 4 is 11.6 Å². The van der Waals surface area contributed by atoms with Gasteiger partial charge in [-0.25, -0.2) is 0 Å². The molecule has 0 saturated heterocycles. The number of benzene rings is 2. The summed E-state index contributed by atoms with van der Waals surface area (Å²) in [6, 6.07) is 18.8. The zero-order valence-corrected chi connectivity index (χ0v) is 13.1. The average molecular weight is 304 g/mol. The van der Waals surface area contributed by atoms with E-state index in [9.17, 15) is 0 Å². The molecule has 3 heteroatoms. The minimum atomic E-state index is 0.136. The predicted octanol–water partition coefficient (Wildman–Crippen LogP) is 4.18. The molecule has 2 nitrogen and oxygen atoms in total. The summed E-state index contributed by atoms with van der Waals surface area (Å²) >= 11 is 5.99. The Morgan fingerprint density at radius 1 is 1.00 bits per heavy atom. The summed E-state index contributed by atoms with van der Waals surface area (Å²) in [7, 11) is 0. The third-order valence-electron chi connectivity index (χ3n) is 3.58. The molecule has 0 fully saturated rings. The number of halogens is 1. The highest BCUT2D eigenvalue weighted by molar-refractivity contribution is 6.30. The molecule has 0 spiro atoms. The van der Waals surface area contributed by atoms with Crippen molar-refractivity contribution in [2.45, 2.75) is 31.8 Å². The molecule has 2 atom stereocenters. The minimum absolute atomic E-state index is 0.136. The number of aliphatic hydroxyl groups excluding tert-OH is 1. The SMILES string of the molecule is CC(CCCO)NC(c1ccccc1)c1ccc(Cl)cc1. The van der Waals surface area contributed by atoms with E-state index in [1.54, 1.807) is 0 Å². The maximum Gasteiger partial charge on any atom is 0.0578 e. The monoisotopic (exact) mass is 303 g/mol. The van der Waals surface area contributed by atoms with E-state index in [4.69, 9.17) is 16.7 Å². The van der Waals surface area contributed by atoms with Gasteiger partial charge in [0.05, 0.1) is 6.04 Å². The third-order valence-corrected chi connectivity index (χ3v) is 3.83. The lowest BCUT2D eigenvalue weighted by molar-refractivity contribution is 0.275. The average Bonchev–Trinajstić information content (AvgIpc) is 2.52. The normalized spacial score (nSPS) is 13.9. The first-order chi connectivity index (χ1) is 10.2. The van der Waals surface area contributed by atoms with Crippen LogP contribution in [0.25, 0.3) is 0 Å². The van der Waals surface area contributed by atoms with Crippen LogP contribution < -0.4 is 5.32 Å². The fraction of sp³-hybridized carbons (Fsp3) is 0.333. The first-order valence-corrected chi connectivity index (χ1v) is 7.76. The molecule has 2 aromatic carbocycles. The largest absolute Gasteiger partial charge is 0.396 e. The van der Waals surface area contributed by atoms with Gasteiger partial charge in [0.25, 0.3) is 0 Å². The molecular weight excluding hydrogens is 282 g/mol. The molecule has 2 aromatic rings. The molecule has 0 amide bonds. The molecule has 21 heavy (non-hydrogen) atoms. The molecule has 2 N–H and O–H groups in total. The van der Waals surface area contributed by atoms with E-state index in [-0.39, 0.29) is 12.6 Å². The van der Waals surface area contributed by atoms with Crippen LogP contribution in [0.3, 0.4) is 0 Å². The standard InChI is InChI=1S/C18H22ClNO/c1-14(6-5-13-21)20-18(15-7-3-2-4-8-15)16-9-11-17(19)12-10-16/h2-4,7-12,14,18,20-21H,5-6,13H2,1H3. The van der Waals surface area contributed by atoms with Crippen LogP contribution in [0.2, 0.25) is 5.02 Å². The number of rotatable bonds is 7. The van der Waals surface area contributed by atoms with Gasteiger partial charge in [0.1, 0.15) is 0 Å². The summed E-state index contributed by atoms with van der Waals surface area (Å²) in [5.41, 5.74) is 2.43. The topological polar surface area (TPSA) is 32.3 Å². The molecule has 0 aliphatic heterocycles. The van der Waals surface area contributed by atoms with E-state index in [0.717, 1.165) is 17.9 Å². The van der Waals surface area contributed by atoms with Gasteiger partial charge in [0.2, 0.25) is 0 Å². The van der Waals surface area contributed by atoms with Crippen LogP contribution >= 0.6 is 11.6 Å². The highest BCUT2D eigenvalue weighted by Crippen LogP contribution is 2.24. The van der Waals surface area contributed by atoms with Crippen molar-refractivity contribution in [1.29, 1.82) is 0 Å². The number of hydrogen-bond acceptors (Lipinski definition) is 2. The van der Waals surface area contributed by atoms with Gasteiger partial charge in [-0.05, 0) is 43.0 Å². The van der Waals surface area contributed by atoms with Crippen LogP contribution in [0.1, 0.15) is 36.9 Å². The van der Waals surface area contributed by atoms with Crippen LogP contribution in [-0.2, 0) is 0 Å². The highest BCUT2D eigenvalue weighted by Gasteiger charge is 2.16. The molecule has 0 aliphatic rings. The van der Waals surface area contributed by atoms with E-state index >= 15 is 0 Å². The van der Waals surface area contributed by atoms with E-state index in [2.05, 4.69) is 48.6 Å². The van der Waals surface area contributed by atoms with Gasteiger partial charge in [0, 0.05) is 17.7 Å². The maximum atomic E-state index is 8.97. The Kier molecular flexibility index (Phi) is 6.24. The van der Waals surface area contributed by atoms with Gasteiger partial charge in [-0.15, -0.1) is 0 Å². The second-order valence-corrected chi connectivity index (χ2v) is 5.77. The second kappa shape index (κ2) is 8.18. The van der Waals surface area contributed by atoms with Crippen molar-refractivity contribution in [2.24, 2.45) is 0 Å². The van der Waals surface area contributed by atoms with Crippen molar-refractivity contribution in [2.75, 3.05) is 6.61 Å². The molecule has 0 aromatic heterocycles. The maximum absolute atomic E-state index is 8.97. The van der Waals surface area contributed by atoms with Gasteiger partial charge in [-0.2, -0.15) is 0 Å². The first-order valence-electron chi connectivity index (χ1n) is 7.38. The van der Waals surface area contributed by atoms with Crippen molar-refractivity contribution < 1.29 is 5.11 Å². The lowest BCUT2D eigenvalue weighted by Crippen LogP contribution is -2.31. The van der Waals surface area contributed by atoms with Gasteiger partial charge in [-0.3, -0.25) is 0 Å². The molecule has 0 radical (unpaired) electrons. The van der Waals surface area contributed by atoms with Crippen molar-refractivity contribution in [3.05, 3.63) is 70.7 Å². The molecule has 0 bridgehead atoms. The van der Waals surface area contributed by atoms with Crippen molar-refractivity contribution in [3.8, 4) is 0 Å². The van der Waals surface area contributed by atoms with E-state index in [1.165, 1.54) is 11.1 Å². The summed E-state index contributed by atoms with van der Waals surface area (Å²) in [5.74, 6) is 0. The highest BCUT2D eigenvalue weighted by atomic mass is 35.5. The Morgan fingerprint density at radius 2 is 1.62 bits per heavy atom. The Labute approximate surface area is 131 Å². The molecule has 0 heterocycles. The van der Waals surface area contributed by atoms with Crippen molar-refractivity contribution in [1.82, 2.24) is 5.32 Å². The van der Waals surface area contributed by atoms with Crippen molar-refractivity contribution in [3.63, 3.8) is 0 Å². The van der Waals surface area contributed by atoms with E-state index in [1.807, 2.05) is 18.2 Å². The van der Waals surface area contributed by atoms with Crippen LogP contribution in [0.5, 0.6) is 0 Å². The predicted molar refractivity (Wildman–Crippen MR) is 88.7 cm³/mol. The second-order valence-electron chi connectivity index (χ2n) is 5.33. The van der Waals surface area contributed by atoms with Crippen LogP contribution in [0, 0.1) is 0 Å². The van der Waals surface area contributed by atoms with Gasteiger partial charge < -0.3 is 10.4 Å². The lowest BCUT2D eigenvalue weighted by Gasteiger charge is -2.24. The molecule has 0 saturated carbocycles. The van der Waals surface area contributed by atoms with Gasteiger partial charge >= 0.3 is 0 Å². The summed E-state index contributed by atoms with van der Waals surface area (Å²) in [4.78, 5) is 0. The van der Waals surface area contributed by atoms with E-state index < -0.39 is 0 Å². The molecule has 2 unspecified atom stereocenters. The number of nitrogens with one attached hydrogen (secondary N) is 1. The smallest absolute Gasteiger partial charge is 0.0578 e. The summed E-state index contributed by atoms with van der Waals surface area (Å²) in [5, 5.41) is 13.4. The Bertz CT molecular complexity index is 527. The molecule has 2 rings (SSSR count). The quantitative estimate of drug-likeness (QED) is 0.804. The summed E-state index contributed by atoms with van der Waals surface area (Å²) in [6.07, 6.45) is 1.77.